The number of hydrogen-bond donors (Lipinski definition) is 0. The Morgan fingerprint density at radius 1 is 0.893 bits per heavy atom. The van der Waals surface area contributed by atoms with Crippen LogP contribution in [0.3, 0.4) is 0 Å². The van der Waals surface area contributed by atoms with Crippen LogP contribution in [0.1, 0.15) is 31.9 Å². The van der Waals surface area contributed by atoms with Gasteiger partial charge in [-0.2, -0.15) is 0 Å². The van der Waals surface area contributed by atoms with E-state index in [2.05, 4.69) is 44.7 Å². The third-order valence-corrected chi connectivity index (χ3v) is 5.49. The van der Waals surface area contributed by atoms with Crippen LogP contribution >= 0.6 is 0 Å². The van der Waals surface area contributed by atoms with Crippen LogP contribution in [-0.4, -0.2) is 24.9 Å². The second-order valence-electron chi connectivity index (χ2n) is 7.96. The van der Waals surface area contributed by atoms with Crippen LogP contribution in [0.2, 0.25) is 0 Å². The maximum absolute atomic E-state index is 6.40. The third-order valence-electron chi connectivity index (χ3n) is 5.49. The predicted octanol–water partition coefficient (Wildman–Crippen LogP) is 5.40. The van der Waals surface area contributed by atoms with Crippen LogP contribution in [0.5, 0.6) is 0 Å². The lowest BCUT2D eigenvalue weighted by atomic mass is 9.87. The summed E-state index contributed by atoms with van der Waals surface area (Å²) in [4.78, 5) is 0. The molecule has 0 bridgehead atoms. The summed E-state index contributed by atoms with van der Waals surface area (Å²) in [5.41, 5.74) is 3.35. The van der Waals surface area contributed by atoms with Crippen LogP contribution in [0.25, 0.3) is 0 Å². The van der Waals surface area contributed by atoms with Gasteiger partial charge in [0.25, 0.3) is 0 Å². The highest BCUT2D eigenvalue weighted by atomic mass is 16.5. The Balaban J connectivity index is 1.73. The molecule has 3 nitrogen and oxygen atoms in total. The maximum atomic E-state index is 6.40. The Labute approximate surface area is 169 Å². The van der Waals surface area contributed by atoms with Gasteiger partial charge in [-0.1, -0.05) is 81.1 Å². The average molecular weight is 381 g/mol. The van der Waals surface area contributed by atoms with Gasteiger partial charge in [-0.3, -0.25) is 0 Å². The lowest BCUT2D eigenvalue weighted by Crippen LogP contribution is -2.41. The number of rotatable bonds is 7. The van der Waals surface area contributed by atoms with E-state index in [9.17, 15) is 0 Å². The summed E-state index contributed by atoms with van der Waals surface area (Å²) in [5, 5.41) is 0. The van der Waals surface area contributed by atoms with Gasteiger partial charge >= 0.3 is 0 Å². The van der Waals surface area contributed by atoms with E-state index in [1.165, 1.54) is 5.56 Å². The Morgan fingerprint density at radius 3 is 1.89 bits per heavy atom. The molecule has 1 fully saturated rings. The Bertz CT molecular complexity index is 728. The van der Waals surface area contributed by atoms with Crippen LogP contribution in [0.4, 0.5) is 0 Å². The smallest absolute Gasteiger partial charge is 0.104 e. The summed E-state index contributed by atoms with van der Waals surface area (Å²) in [6.07, 6.45) is -0.153. The maximum Gasteiger partial charge on any atom is 0.104 e. The summed E-state index contributed by atoms with van der Waals surface area (Å²) in [5.74, 6) is 0.470. The Morgan fingerprint density at radius 2 is 1.39 bits per heavy atom. The highest BCUT2D eigenvalue weighted by Gasteiger charge is 2.40. The second kappa shape index (κ2) is 10.0. The molecule has 3 heteroatoms. The van der Waals surface area contributed by atoms with E-state index in [0.717, 1.165) is 11.1 Å². The van der Waals surface area contributed by atoms with E-state index in [-0.39, 0.29) is 30.1 Å². The lowest BCUT2D eigenvalue weighted by Gasteiger charge is -2.33. The van der Waals surface area contributed by atoms with E-state index in [1.807, 2.05) is 43.3 Å². The molecule has 28 heavy (non-hydrogen) atoms. The summed E-state index contributed by atoms with van der Waals surface area (Å²) in [6, 6.07) is 20.6. The molecule has 3 rings (SSSR count). The van der Waals surface area contributed by atoms with Crippen molar-refractivity contribution in [2.24, 2.45) is 11.8 Å². The van der Waals surface area contributed by atoms with Crippen molar-refractivity contribution in [1.29, 1.82) is 0 Å². The minimum Gasteiger partial charge on any atom is -0.373 e. The van der Waals surface area contributed by atoms with Crippen molar-refractivity contribution in [3.05, 3.63) is 83.9 Å². The van der Waals surface area contributed by atoms with Crippen LogP contribution < -0.4 is 0 Å². The van der Waals surface area contributed by atoms with Crippen molar-refractivity contribution in [2.45, 2.75) is 52.3 Å². The molecule has 1 aliphatic rings. The molecule has 0 saturated carbocycles. The molecule has 5 atom stereocenters. The van der Waals surface area contributed by atoms with Crippen molar-refractivity contribution in [3.8, 4) is 0 Å². The summed E-state index contributed by atoms with van der Waals surface area (Å²) < 4.78 is 19.0. The van der Waals surface area contributed by atoms with Gasteiger partial charge in [-0.15, -0.1) is 0 Å². The highest BCUT2D eigenvalue weighted by molar-refractivity contribution is 5.15. The zero-order valence-electron chi connectivity index (χ0n) is 17.2. The molecular weight excluding hydrogens is 348 g/mol. The molecule has 2 aromatic carbocycles. The lowest BCUT2D eigenvalue weighted by molar-refractivity contribution is -0.0966. The number of hydrogen-bond acceptors (Lipinski definition) is 3. The molecule has 0 aromatic heterocycles. The molecule has 0 N–H and O–H groups in total. The summed E-state index contributed by atoms with van der Waals surface area (Å²) >= 11 is 0. The normalized spacial score (nSPS) is 27.9. The SMILES string of the molecule is C=C(C)C1OCC(C)C(OCc2ccccc2)C(C)C1OCc1ccccc1. The number of benzene rings is 2. The molecular formula is C25H32O3. The molecule has 150 valence electrons. The fraction of sp³-hybridized carbons (Fsp3) is 0.440. The van der Waals surface area contributed by atoms with Crippen molar-refractivity contribution in [1.82, 2.24) is 0 Å². The van der Waals surface area contributed by atoms with E-state index in [1.54, 1.807) is 0 Å². The zero-order valence-corrected chi connectivity index (χ0v) is 17.2. The van der Waals surface area contributed by atoms with Gasteiger partial charge in [0, 0.05) is 11.8 Å². The standard InChI is InChI=1S/C25H32O3/c1-18(2)23-25(28-17-22-13-9-6-10-14-22)20(4)24(19(3)15-26-23)27-16-21-11-7-5-8-12-21/h5-14,19-20,23-25H,1,15-17H2,2-4H3. The fourth-order valence-electron chi connectivity index (χ4n) is 3.94. The average Bonchev–Trinajstić information content (AvgIpc) is 2.82. The minimum atomic E-state index is -0.119. The first kappa shape index (κ1) is 20.8. The predicted molar refractivity (Wildman–Crippen MR) is 113 cm³/mol. The van der Waals surface area contributed by atoms with Crippen molar-refractivity contribution in [3.63, 3.8) is 0 Å². The minimum absolute atomic E-state index is 0.0605. The molecule has 1 heterocycles. The van der Waals surface area contributed by atoms with Crippen molar-refractivity contribution >= 4 is 0 Å². The van der Waals surface area contributed by atoms with E-state index in [0.29, 0.717) is 19.8 Å². The first-order chi connectivity index (χ1) is 13.6. The molecule has 2 aromatic rings. The first-order valence-corrected chi connectivity index (χ1v) is 10.1. The van der Waals surface area contributed by atoms with Crippen LogP contribution in [0.15, 0.2) is 72.8 Å². The zero-order chi connectivity index (χ0) is 19.9. The van der Waals surface area contributed by atoms with Gasteiger partial charge < -0.3 is 14.2 Å². The Hall–Kier alpha value is -1.94. The molecule has 0 amide bonds. The van der Waals surface area contributed by atoms with E-state index < -0.39 is 0 Å². The highest BCUT2D eigenvalue weighted by Crippen LogP contribution is 2.32. The van der Waals surface area contributed by atoms with Gasteiger partial charge in [-0.25, -0.2) is 0 Å². The topological polar surface area (TPSA) is 27.7 Å². The second-order valence-corrected chi connectivity index (χ2v) is 7.96. The quantitative estimate of drug-likeness (QED) is 0.602. The van der Waals surface area contributed by atoms with Gasteiger partial charge in [0.05, 0.1) is 32.0 Å². The summed E-state index contributed by atoms with van der Waals surface area (Å²) in [6.45, 7) is 12.4. The molecule has 0 aliphatic carbocycles. The molecule has 1 saturated heterocycles. The van der Waals surface area contributed by atoms with Crippen LogP contribution in [0, 0.1) is 11.8 Å². The van der Waals surface area contributed by atoms with Crippen LogP contribution in [-0.2, 0) is 27.4 Å². The van der Waals surface area contributed by atoms with Crippen molar-refractivity contribution in [2.75, 3.05) is 6.61 Å². The monoisotopic (exact) mass is 380 g/mol. The van der Waals surface area contributed by atoms with Gasteiger partial charge in [0.1, 0.15) is 6.10 Å². The van der Waals surface area contributed by atoms with Gasteiger partial charge in [0.15, 0.2) is 0 Å². The molecule has 0 radical (unpaired) electrons. The van der Waals surface area contributed by atoms with Crippen molar-refractivity contribution < 1.29 is 14.2 Å². The summed E-state index contributed by atoms with van der Waals surface area (Å²) in [7, 11) is 0. The molecule has 5 unspecified atom stereocenters. The number of ether oxygens (including phenoxy) is 3. The van der Waals surface area contributed by atoms with Gasteiger partial charge in [0.2, 0.25) is 0 Å². The third kappa shape index (κ3) is 5.32. The molecule has 1 aliphatic heterocycles. The molecule has 0 spiro atoms. The largest absolute Gasteiger partial charge is 0.373 e. The fourth-order valence-corrected chi connectivity index (χ4v) is 3.94. The van der Waals surface area contributed by atoms with E-state index in [4.69, 9.17) is 14.2 Å². The van der Waals surface area contributed by atoms with Gasteiger partial charge in [-0.05, 0) is 23.6 Å². The first-order valence-electron chi connectivity index (χ1n) is 10.1. The Kier molecular flexibility index (Phi) is 7.43. The van der Waals surface area contributed by atoms with E-state index >= 15 is 0 Å².